The first-order valence-electron chi connectivity index (χ1n) is 4.33. The van der Waals surface area contributed by atoms with Crippen LogP contribution >= 0.6 is 0 Å². The molecule has 0 amide bonds. The van der Waals surface area contributed by atoms with Gasteiger partial charge in [-0.05, 0) is 18.2 Å². The monoisotopic (exact) mass is 184 g/mol. The van der Waals surface area contributed by atoms with Crippen molar-refractivity contribution in [2.45, 2.75) is 0 Å². The quantitative estimate of drug-likeness (QED) is 0.538. The van der Waals surface area contributed by atoms with Gasteiger partial charge >= 0.3 is 0 Å². The number of fused-ring (bicyclic) bond motifs is 3. The van der Waals surface area contributed by atoms with E-state index in [-0.39, 0.29) is 0 Å². The molecule has 14 heavy (non-hydrogen) atoms. The van der Waals surface area contributed by atoms with Crippen LogP contribution in [0.15, 0.2) is 36.7 Å². The Labute approximate surface area is 80.0 Å². The van der Waals surface area contributed by atoms with Gasteiger partial charge in [-0.1, -0.05) is 12.1 Å². The Morgan fingerprint density at radius 3 is 3.00 bits per heavy atom. The van der Waals surface area contributed by atoms with E-state index in [1.165, 1.54) is 0 Å². The van der Waals surface area contributed by atoms with E-state index < -0.39 is 0 Å². The van der Waals surface area contributed by atoms with Crippen molar-refractivity contribution in [2.75, 3.05) is 5.73 Å². The van der Waals surface area contributed by atoms with E-state index in [1.54, 1.807) is 6.33 Å². The van der Waals surface area contributed by atoms with Crippen LogP contribution in [0.2, 0.25) is 0 Å². The van der Waals surface area contributed by atoms with Gasteiger partial charge in [-0.25, -0.2) is 0 Å². The number of para-hydroxylation sites is 1. The average Bonchev–Trinajstić information content (AvgIpc) is 2.65. The average molecular weight is 184 g/mol. The molecule has 3 aromatic rings. The number of hydrogen-bond acceptors (Lipinski definition) is 3. The molecule has 0 spiro atoms. The molecule has 0 radical (unpaired) electrons. The van der Waals surface area contributed by atoms with Crippen LogP contribution in [0.1, 0.15) is 0 Å². The van der Waals surface area contributed by atoms with Crippen LogP contribution in [0.5, 0.6) is 0 Å². The summed E-state index contributed by atoms with van der Waals surface area (Å²) in [5.74, 6) is 0. The predicted octanol–water partition coefficient (Wildman–Crippen LogP) is 1.46. The number of nitrogen functional groups attached to an aromatic ring is 1. The summed E-state index contributed by atoms with van der Waals surface area (Å²) >= 11 is 0. The molecule has 0 aliphatic rings. The Bertz CT molecular complexity index is 612. The zero-order valence-electron chi connectivity index (χ0n) is 7.38. The highest BCUT2D eigenvalue weighted by Crippen LogP contribution is 2.21. The number of hydrogen-bond donors (Lipinski definition) is 1. The molecule has 4 nitrogen and oxygen atoms in total. The molecular formula is C10H8N4. The highest BCUT2D eigenvalue weighted by Gasteiger charge is 2.03. The summed E-state index contributed by atoms with van der Waals surface area (Å²) < 4.78 is 1.89. The van der Waals surface area contributed by atoms with Crippen LogP contribution in [0.4, 0.5) is 5.69 Å². The number of rotatable bonds is 0. The molecule has 0 saturated carbocycles. The summed E-state index contributed by atoms with van der Waals surface area (Å²) in [6.07, 6.45) is 1.67. The molecule has 3 rings (SSSR count). The maximum absolute atomic E-state index is 5.91. The van der Waals surface area contributed by atoms with Crippen LogP contribution in [0, 0.1) is 0 Å². The van der Waals surface area contributed by atoms with Gasteiger partial charge in [0.2, 0.25) is 0 Å². The summed E-state index contributed by atoms with van der Waals surface area (Å²) in [4.78, 5) is 0. The lowest BCUT2D eigenvalue weighted by atomic mass is 10.2. The molecule has 0 aliphatic heterocycles. The summed E-state index contributed by atoms with van der Waals surface area (Å²) in [5, 5.41) is 8.91. The van der Waals surface area contributed by atoms with Gasteiger partial charge in [0, 0.05) is 5.39 Å². The Morgan fingerprint density at radius 1 is 1.14 bits per heavy atom. The maximum Gasteiger partial charge on any atom is 0.161 e. The van der Waals surface area contributed by atoms with Crippen molar-refractivity contribution < 1.29 is 0 Å². The molecular weight excluding hydrogens is 176 g/mol. The fourth-order valence-electron chi connectivity index (χ4n) is 1.69. The third-order valence-corrected chi connectivity index (χ3v) is 2.33. The number of aromatic nitrogens is 3. The van der Waals surface area contributed by atoms with Crippen molar-refractivity contribution in [3.63, 3.8) is 0 Å². The number of nitrogens with zero attached hydrogens (tertiary/aromatic N) is 3. The maximum atomic E-state index is 5.91. The lowest BCUT2D eigenvalue weighted by molar-refractivity contribution is 1.11. The molecule has 2 aromatic heterocycles. The zero-order valence-corrected chi connectivity index (χ0v) is 7.38. The van der Waals surface area contributed by atoms with Crippen LogP contribution < -0.4 is 5.73 Å². The zero-order chi connectivity index (χ0) is 9.54. The first kappa shape index (κ1) is 7.32. The van der Waals surface area contributed by atoms with Crippen molar-refractivity contribution in [3.05, 3.63) is 36.7 Å². The Kier molecular flexibility index (Phi) is 1.28. The lowest BCUT2D eigenvalue weighted by Crippen LogP contribution is -1.93. The van der Waals surface area contributed by atoms with E-state index in [2.05, 4.69) is 10.2 Å². The van der Waals surface area contributed by atoms with Crippen molar-refractivity contribution in [3.8, 4) is 0 Å². The van der Waals surface area contributed by atoms with Gasteiger partial charge in [-0.3, -0.25) is 4.40 Å². The van der Waals surface area contributed by atoms with E-state index in [0.29, 0.717) is 0 Å². The largest absolute Gasteiger partial charge is 0.397 e. The number of anilines is 1. The van der Waals surface area contributed by atoms with E-state index in [0.717, 1.165) is 22.2 Å². The highest BCUT2D eigenvalue weighted by molar-refractivity contribution is 5.91. The van der Waals surface area contributed by atoms with E-state index in [1.807, 2.05) is 34.7 Å². The molecule has 0 atom stereocenters. The van der Waals surface area contributed by atoms with Gasteiger partial charge in [-0.2, -0.15) is 0 Å². The molecule has 0 bridgehead atoms. The fraction of sp³-hybridized carbons (Fsp3) is 0. The normalized spacial score (nSPS) is 11.1. The van der Waals surface area contributed by atoms with Crippen molar-refractivity contribution in [2.24, 2.45) is 0 Å². The minimum atomic E-state index is 0.743. The minimum absolute atomic E-state index is 0.743. The predicted molar refractivity (Wildman–Crippen MR) is 54.9 cm³/mol. The highest BCUT2D eigenvalue weighted by atomic mass is 15.2. The van der Waals surface area contributed by atoms with E-state index in [9.17, 15) is 0 Å². The van der Waals surface area contributed by atoms with E-state index >= 15 is 0 Å². The standard InChI is InChI=1S/C10H8N4/c11-8-3-1-2-7-4-5-9-13-12-6-14(9)10(7)8/h1-6H,11H2. The summed E-state index contributed by atoms with van der Waals surface area (Å²) in [6, 6.07) is 9.76. The van der Waals surface area contributed by atoms with Gasteiger partial charge in [0.05, 0.1) is 11.2 Å². The van der Waals surface area contributed by atoms with Gasteiger partial charge in [-0.15, -0.1) is 10.2 Å². The van der Waals surface area contributed by atoms with Crippen molar-refractivity contribution >= 4 is 22.2 Å². The number of nitrogens with two attached hydrogens (primary N) is 1. The molecule has 2 N–H and O–H groups in total. The fourth-order valence-corrected chi connectivity index (χ4v) is 1.69. The second kappa shape index (κ2) is 2.45. The first-order valence-corrected chi connectivity index (χ1v) is 4.33. The molecule has 68 valence electrons. The van der Waals surface area contributed by atoms with Crippen molar-refractivity contribution in [1.29, 1.82) is 0 Å². The third kappa shape index (κ3) is 0.821. The second-order valence-corrected chi connectivity index (χ2v) is 3.18. The summed E-state index contributed by atoms with van der Waals surface area (Å²) in [7, 11) is 0. The first-order chi connectivity index (χ1) is 6.86. The van der Waals surface area contributed by atoms with Crippen molar-refractivity contribution in [1.82, 2.24) is 14.6 Å². The molecule has 0 unspecified atom stereocenters. The molecule has 0 aliphatic carbocycles. The van der Waals surface area contributed by atoms with Crippen LogP contribution in [-0.4, -0.2) is 14.6 Å². The molecule has 1 aromatic carbocycles. The van der Waals surface area contributed by atoms with Gasteiger partial charge in [0.15, 0.2) is 5.65 Å². The van der Waals surface area contributed by atoms with Crippen LogP contribution in [0.3, 0.4) is 0 Å². The minimum Gasteiger partial charge on any atom is -0.397 e. The molecule has 4 heteroatoms. The SMILES string of the molecule is Nc1cccc2ccc3nncn3c12. The summed E-state index contributed by atoms with van der Waals surface area (Å²) in [6.45, 7) is 0. The van der Waals surface area contributed by atoms with Crippen LogP contribution in [-0.2, 0) is 0 Å². The van der Waals surface area contributed by atoms with Crippen LogP contribution in [0.25, 0.3) is 16.6 Å². The van der Waals surface area contributed by atoms with Gasteiger partial charge in [0.25, 0.3) is 0 Å². The summed E-state index contributed by atoms with van der Waals surface area (Å²) in [5.41, 5.74) is 8.43. The molecule has 0 fully saturated rings. The van der Waals surface area contributed by atoms with Gasteiger partial charge < -0.3 is 5.73 Å². The Morgan fingerprint density at radius 2 is 2.07 bits per heavy atom. The Hall–Kier alpha value is -2.10. The smallest absolute Gasteiger partial charge is 0.161 e. The molecule has 2 heterocycles. The van der Waals surface area contributed by atoms with E-state index in [4.69, 9.17) is 5.73 Å². The number of benzene rings is 1. The molecule has 0 saturated heterocycles. The van der Waals surface area contributed by atoms with Gasteiger partial charge in [0.1, 0.15) is 6.33 Å². The second-order valence-electron chi connectivity index (χ2n) is 3.18. The number of pyridine rings is 1. The third-order valence-electron chi connectivity index (χ3n) is 2.33. The lowest BCUT2D eigenvalue weighted by Gasteiger charge is -2.03. The topological polar surface area (TPSA) is 56.2 Å². The Balaban J connectivity index is 2.67.